The quantitative estimate of drug-likeness (QED) is 0.654. The predicted octanol–water partition coefficient (Wildman–Crippen LogP) is 1.33. The van der Waals surface area contributed by atoms with Crippen LogP contribution in [-0.2, 0) is 6.54 Å². The molecule has 0 aliphatic carbocycles. The molecule has 0 radical (unpaired) electrons. The first kappa shape index (κ1) is 12.3. The minimum absolute atomic E-state index is 0.131. The molecule has 2 rings (SSSR count). The first-order chi connectivity index (χ1) is 8.54. The third-order valence-electron chi connectivity index (χ3n) is 2.58. The van der Waals surface area contributed by atoms with Crippen molar-refractivity contribution in [2.45, 2.75) is 19.6 Å². The van der Waals surface area contributed by atoms with Crippen LogP contribution in [0.3, 0.4) is 0 Å². The van der Waals surface area contributed by atoms with E-state index in [2.05, 4.69) is 5.10 Å². The Labute approximate surface area is 103 Å². The van der Waals surface area contributed by atoms with Gasteiger partial charge in [0.15, 0.2) is 5.75 Å². The highest BCUT2D eigenvalue weighted by Crippen LogP contribution is 2.34. The summed E-state index contributed by atoms with van der Waals surface area (Å²) < 4.78 is 6.42. The van der Waals surface area contributed by atoms with Gasteiger partial charge in [0, 0.05) is 5.39 Å². The van der Waals surface area contributed by atoms with Gasteiger partial charge in [0.05, 0.1) is 30.9 Å². The van der Waals surface area contributed by atoms with Crippen LogP contribution in [0.2, 0.25) is 0 Å². The Bertz CT molecular complexity index is 591. The van der Waals surface area contributed by atoms with Gasteiger partial charge in [-0.3, -0.25) is 14.8 Å². The van der Waals surface area contributed by atoms with Gasteiger partial charge in [-0.25, -0.2) is 0 Å². The Hall–Kier alpha value is -2.15. The number of aromatic nitrogens is 2. The summed E-state index contributed by atoms with van der Waals surface area (Å²) in [5.41, 5.74) is 0.230. The Kier molecular flexibility index (Phi) is 3.15. The zero-order valence-corrected chi connectivity index (χ0v) is 10.0. The maximum Gasteiger partial charge on any atom is 0.336 e. The van der Waals surface area contributed by atoms with Crippen LogP contribution in [0.1, 0.15) is 6.92 Å². The molecule has 1 aromatic carbocycles. The molecule has 0 saturated heterocycles. The van der Waals surface area contributed by atoms with Crippen molar-refractivity contribution in [2.75, 3.05) is 7.11 Å². The summed E-state index contributed by atoms with van der Waals surface area (Å²) in [7, 11) is 1.38. The summed E-state index contributed by atoms with van der Waals surface area (Å²) in [4.78, 5) is 10.7. The summed E-state index contributed by atoms with van der Waals surface area (Å²) in [5, 5.41) is 25.2. The summed E-state index contributed by atoms with van der Waals surface area (Å²) >= 11 is 0. The summed E-state index contributed by atoms with van der Waals surface area (Å²) in [5.74, 6) is 0.180. The zero-order chi connectivity index (χ0) is 13.3. The lowest BCUT2D eigenvalue weighted by Crippen LogP contribution is -2.13. The van der Waals surface area contributed by atoms with Crippen LogP contribution in [0.15, 0.2) is 18.3 Å². The fourth-order valence-electron chi connectivity index (χ4n) is 1.87. The molecule has 0 fully saturated rings. The highest BCUT2D eigenvalue weighted by atomic mass is 16.6. The summed E-state index contributed by atoms with van der Waals surface area (Å²) in [6.07, 6.45) is 0.892. The number of fused-ring (bicyclic) bond motifs is 1. The molecule has 96 valence electrons. The Morgan fingerprint density at radius 2 is 2.33 bits per heavy atom. The fraction of sp³-hybridized carbons (Fsp3) is 0.364. The normalized spacial score (nSPS) is 12.6. The van der Waals surface area contributed by atoms with Crippen LogP contribution in [0.5, 0.6) is 5.75 Å². The number of hydrogen-bond donors (Lipinski definition) is 1. The van der Waals surface area contributed by atoms with Crippen molar-refractivity contribution < 1.29 is 14.8 Å². The molecule has 1 aromatic heterocycles. The maximum absolute atomic E-state index is 11.2. The van der Waals surface area contributed by atoms with Crippen molar-refractivity contribution in [1.29, 1.82) is 0 Å². The second-order valence-electron chi connectivity index (χ2n) is 3.99. The van der Waals surface area contributed by atoms with Crippen molar-refractivity contribution >= 4 is 16.6 Å². The third kappa shape index (κ3) is 2.00. The molecular weight excluding hydrogens is 238 g/mol. The van der Waals surface area contributed by atoms with Crippen molar-refractivity contribution in [2.24, 2.45) is 0 Å². The van der Waals surface area contributed by atoms with Gasteiger partial charge in [0.25, 0.3) is 0 Å². The molecule has 7 heteroatoms. The molecule has 0 saturated carbocycles. The van der Waals surface area contributed by atoms with Crippen LogP contribution in [-0.4, -0.2) is 33.0 Å². The van der Waals surface area contributed by atoms with Crippen molar-refractivity contribution in [1.82, 2.24) is 9.78 Å². The van der Waals surface area contributed by atoms with Crippen LogP contribution in [0, 0.1) is 10.1 Å². The first-order valence-electron chi connectivity index (χ1n) is 5.39. The van der Waals surface area contributed by atoms with E-state index in [0.29, 0.717) is 10.9 Å². The number of benzene rings is 1. The van der Waals surface area contributed by atoms with Gasteiger partial charge in [-0.05, 0) is 19.1 Å². The molecule has 2 aromatic rings. The lowest BCUT2D eigenvalue weighted by molar-refractivity contribution is -0.384. The van der Waals surface area contributed by atoms with E-state index in [-0.39, 0.29) is 18.0 Å². The largest absolute Gasteiger partial charge is 0.490 e. The second-order valence-corrected chi connectivity index (χ2v) is 3.99. The number of rotatable bonds is 4. The maximum atomic E-state index is 11.2. The number of nitrogens with zero attached hydrogens (tertiary/aromatic N) is 3. The van der Waals surface area contributed by atoms with E-state index in [4.69, 9.17) is 4.74 Å². The third-order valence-corrected chi connectivity index (χ3v) is 2.58. The van der Waals surface area contributed by atoms with Crippen LogP contribution < -0.4 is 4.74 Å². The monoisotopic (exact) mass is 251 g/mol. The Morgan fingerprint density at radius 1 is 1.61 bits per heavy atom. The van der Waals surface area contributed by atoms with E-state index < -0.39 is 11.0 Å². The van der Waals surface area contributed by atoms with Gasteiger partial charge < -0.3 is 9.84 Å². The minimum atomic E-state index is -0.640. The van der Waals surface area contributed by atoms with E-state index in [9.17, 15) is 15.2 Å². The van der Waals surface area contributed by atoms with Crippen molar-refractivity contribution in [3.63, 3.8) is 0 Å². The molecule has 7 nitrogen and oxygen atoms in total. The lowest BCUT2D eigenvalue weighted by atomic mass is 10.2. The van der Waals surface area contributed by atoms with E-state index in [0.717, 1.165) is 0 Å². The predicted molar refractivity (Wildman–Crippen MR) is 64.6 cm³/mol. The van der Waals surface area contributed by atoms with Crippen LogP contribution in [0.25, 0.3) is 10.9 Å². The van der Waals surface area contributed by atoms with E-state index in [1.807, 2.05) is 0 Å². The first-order valence-corrected chi connectivity index (χ1v) is 5.39. The van der Waals surface area contributed by atoms with E-state index >= 15 is 0 Å². The van der Waals surface area contributed by atoms with Gasteiger partial charge in [-0.2, -0.15) is 5.10 Å². The topological polar surface area (TPSA) is 90.4 Å². The van der Waals surface area contributed by atoms with Gasteiger partial charge in [-0.1, -0.05) is 0 Å². The standard InChI is InChI=1S/C11H13N3O4/c1-7(15)6-13-10-8(5-12-13)3-4-9(18-2)11(10)14(16)17/h3-5,7,15H,6H2,1-2H3/t7-/m1/s1. The summed E-state index contributed by atoms with van der Waals surface area (Å²) in [6.45, 7) is 1.79. The number of nitro benzene ring substituents is 1. The molecule has 0 aliphatic rings. The highest BCUT2D eigenvalue weighted by Gasteiger charge is 2.23. The molecular formula is C11H13N3O4. The number of hydrogen-bond acceptors (Lipinski definition) is 5. The van der Waals surface area contributed by atoms with Gasteiger partial charge in [-0.15, -0.1) is 0 Å². The van der Waals surface area contributed by atoms with E-state index in [1.165, 1.54) is 24.1 Å². The molecule has 0 spiro atoms. The van der Waals surface area contributed by atoms with E-state index in [1.54, 1.807) is 13.0 Å². The molecule has 0 bridgehead atoms. The average Bonchev–Trinajstić information content (AvgIpc) is 2.70. The van der Waals surface area contributed by atoms with Crippen molar-refractivity contribution in [3.05, 3.63) is 28.4 Å². The second kappa shape index (κ2) is 4.61. The molecule has 18 heavy (non-hydrogen) atoms. The lowest BCUT2D eigenvalue weighted by Gasteiger charge is -2.07. The van der Waals surface area contributed by atoms with Gasteiger partial charge in [0.1, 0.15) is 5.52 Å². The minimum Gasteiger partial charge on any atom is -0.490 e. The molecule has 0 amide bonds. The molecule has 1 N–H and O–H groups in total. The smallest absolute Gasteiger partial charge is 0.336 e. The van der Waals surface area contributed by atoms with Gasteiger partial charge >= 0.3 is 5.69 Å². The van der Waals surface area contributed by atoms with Crippen molar-refractivity contribution in [3.8, 4) is 5.75 Å². The molecule has 0 aliphatic heterocycles. The van der Waals surface area contributed by atoms with Gasteiger partial charge in [0.2, 0.25) is 0 Å². The van der Waals surface area contributed by atoms with Crippen LogP contribution >= 0.6 is 0 Å². The molecule has 1 heterocycles. The Balaban J connectivity index is 2.72. The Morgan fingerprint density at radius 3 is 2.89 bits per heavy atom. The highest BCUT2D eigenvalue weighted by molar-refractivity contribution is 5.90. The number of aliphatic hydroxyl groups is 1. The number of methoxy groups -OCH3 is 1. The number of ether oxygens (including phenoxy) is 1. The fourth-order valence-corrected chi connectivity index (χ4v) is 1.87. The summed E-state index contributed by atoms with van der Waals surface area (Å²) in [6, 6.07) is 3.24. The SMILES string of the molecule is COc1ccc2cnn(C[C@@H](C)O)c2c1[N+](=O)[O-]. The van der Waals surface area contributed by atoms with Crippen LogP contribution in [0.4, 0.5) is 5.69 Å². The molecule has 1 atom stereocenters. The molecule has 0 unspecified atom stereocenters. The number of nitro groups is 1. The number of aliphatic hydroxyl groups excluding tert-OH is 1. The zero-order valence-electron chi connectivity index (χ0n) is 10.0. The average molecular weight is 251 g/mol.